The Morgan fingerprint density at radius 3 is 1.64 bits per heavy atom. The zero-order chi connectivity index (χ0) is 23.5. The minimum absolute atomic E-state index is 0.879. The van der Waals surface area contributed by atoms with Crippen molar-refractivity contribution in [2.24, 2.45) is 0 Å². The molecule has 0 bridgehead atoms. The van der Waals surface area contributed by atoms with Crippen LogP contribution in [0.5, 0.6) is 11.5 Å². The number of piperazine rings is 1. The van der Waals surface area contributed by atoms with E-state index in [0.717, 1.165) is 50.8 Å². The lowest BCUT2D eigenvalue weighted by atomic mass is 10.1. The van der Waals surface area contributed by atoms with Crippen molar-refractivity contribution in [3.05, 3.63) is 96.1 Å². The van der Waals surface area contributed by atoms with Gasteiger partial charge >= 0.3 is 11.9 Å². The highest BCUT2D eigenvalue weighted by Gasteiger charge is 2.17. The summed E-state index contributed by atoms with van der Waals surface area (Å²) in [6.07, 6.45) is 0. The molecule has 3 aromatic rings. The number of hydrogen-bond donors (Lipinski definition) is 2. The van der Waals surface area contributed by atoms with E-state index in [1.807, 2.05) is 36.4 Å². The van der Waals surface area contributed by atoms with E-state index in [0.29, 0.717) is 0 Å². The fourth-order valence-corrected chi connectivity index (χ4v) is 3.54. The van der Waals surface area contributed by atoms with E-state index in [4.69, 9.17) is 24.5 Å². The third kappa shape index (κ3) is 8.40. The quantitative estimate of drug-likeness (QED) is 0.552. The molecule has 1 aliphatic rings. The van der Waals surface area contributed by atoms with Crippen LogP contribution in [0.15, 0.2) is 84.9 Å². The van der Waals surface area contributed by atoms with Crippen molar-refractivity contribution in [2.45, 2.75) is 13.1 Å². The van der Waals surface area contributed by atoms with Crippen LogP contribution in [-0.4, -0.2) is 58.1 Å². The van der Waals surface area contributed by atoms with Crippen molar-refractivity contribution in [2.75, 3.05) is 26.2 Å². The molecule has 0 aliphatic carbocycles. The number of rotatable bonds is 6. The molecule has 7 heteroatoms. The molecule has 0 atom stereocenters. The van der Waals surface area contributed by atoms with E-state index in [9.17, 15) is 0 Å². The molecule has 0 amide bonds. The number of carboxylic acids is 2. The molecule has 2 N–H and O–H groups in total. The van der Waals surface area contributed by atoms with Crippen molar-refractivity contribution < 1.29 is 24.5 Å². The molecule has 172 valence electrons. The first-order chi connectivity index (χ1) is 16.0. The third-order valence-electron chi connectivity index (χ3n) is 5.18. The molecule has 1 aliphatic heterocycles. The van der Waals surface area contributed by atoms with E-state index in [1.54, 1.807) is 0 Å². The normalized spacial score (nSPS) is 14.1. The molecular weight excluding hydrogens is 420 g/mol. The third-order valence-corrected chi connectivity index (χ3v) is 5.18. The maximum atomic E-state index is 9.10. The van der Waals surface area contributed by atoms with Crippen molar-refractivity contribution in [3.63, 3.8) is 0 Å². The van der Waals surface area contributed by atoms with Gasteiger partial charge in [-0.25, -0.2) is 9.59 Å². The van der Waals surface area contributed by atoms with Gasteiger partial charge < -0.3 is 14.9 Å². The minimum atomic E-state index is -1.82. The number of nitrogens with zero attached hydrogens (tertiary/aromatic N) is 2. The number of ether oxygens (including phenoxy) is 1. The highest BCUT2D eigenvalue weighted by atomic mass is 16.5. The molecule has 1 heterocycles. The maximum absolute atomic E-state index is 9.10. The van der Waals surface area contributed by atoms with E-state index < -0.39 is 11.9 Å². The molecule has 1 saturated heterocycles. The maximum Gasteiger partial charge on any atom is 0.414 e. The summed E-state index contributed by atoms with van der Waals surface area (Å²) in [4.78, 5) is 23.3. The van der Waals surface area contributed by atoms with Gasteiger partial charge in [0.15, 0.2) is 0 Å². The standard InChI is InChI=1S/C24H26N2O.C2H2O4/c1-3-8-21(9-4-1)19-25-14-16-26(17-15-25)20-22-10-7-13-24(18-22)27-23-11-5-2-6-12-23;3-1(4)2(5)6/h1-13,18H,14-17,19-20H2;(H,3,4)(H,5,6). The lowest BCUT2D eigenvalue weighted by Gasteiger charge is -2.34. The van der Waals surface area contributed by atoms with Gasteiger partial charge in [0.05, 0.1) is 0 Å². The number of hydrogen-bond acceptors (Lipinski definition) is 5. The number of carboxylic acid groups (broad SMARTS) is 2. The zero-order valence-electron chi connectivity index (χ0n) is 18.3. The van der Waals surface area contributed by atoms with Gasteiger partial charge in [-0.05, 0) is 35.4 Å². The molecule has 7 nitrogen and oxygen atoms in total. The average molecular weight is 449 g/mol. The number of para-hydroxylation sites is 1. The van der Waals surface area contributed by atoms with Gasteiger partial charge in [-0.15, -0.1) is 0 Å². The lowest BCUT2D eigenvalue weighted by molar-refractivity contribution is -0.159. The Hall–Kier alpha value is -3.68. The molecule has 1 fully saturated rings. The van der Waals surface area contributed by atoms with Crippen LogP contribution in [0.2, 0.25) is 0 Å². The lowest BCUT2D eigenvalue weighted by Crippen LogP contribution is -2.45. The van der Waals surface area contributed by atoms with Crippen molar-refractivity contribution in [1.29, 1.82) is 0 Å². The molecule has 0 unspecified atom stereocenters. The summed E-state index contributed by atoms with van der Waals surface area (Å²) < 4.78 is 5.96. The Bertz CT molecular complexity index is 1010. The van der Waals surface area contributed by atoms with Gasteiger partial charge in [-0.3, -0.25) is 9.80 Å². The Morgan fingerprint density at radius 2 is 1.09 bits per heavy atom. The topological polar surface area (TPSA) is 90.3 Å². The van der Waals surface area contributed by atoms with E-state index in [2.05, 4.69) is 58.3 Å². The first-order valence-electron chi connectivity index (χ1n) is 10.8. The van der Waals surface area contributed by atoms with Gasteiger partial charge in [-0.2, -0.15) is 0 Å². The highest BCUT2D eigenvalue weighted by molar-refractivity contribution is 6.27. The van der Waals surface area contributed by atoms with Crippen molar-refractivity contribution in [1.82, 2.24) is 9.80 Å². The van der Waals surface area contributed by atoms with E-state index in [1.165, 1.54) is 11.1 Å². The predicted molar refractivity (Wildman–Crippen MR) is 125 cm³/mol. The molecule has 0 saturated carbocycles. The SMILES string of the molecule is O=C(O)C(=O)O.c1ccc(CN2CCN(Cc3cccc(Oc4ccccc4)c3)CC2)cc1. The van der Waals surface area contributed by atoms with E-state index >= 15 is 0 Å². The molecule has 0 radical (unpaired) electrons. The summed E-state index contributed by atoms with van der Waals surface area (Å²) in [5, 5.41) is 14.8. The summed E-state index contributed by atoms with van der Waals surface area (Å²) in [5.74, 6) is -1.87. The zero-order valence-corrected chi connectivity index (χ0v) is 18.3. The first-order valence-corrected chi connectivity index (χ1v) is 10.8. The first kappa shape index (κ1) is 24.0. The van der Waals surface area contributed by atoms with E-state index in [-0.39, 0.29) is 0 Å². The Labute approximate surface area is 193 Å². The van der Waals surface area contributed by atoms with Crippen LogP contribution in [0.4, 0.5) is 0 Å². The van der Waals surface area contributed by atoms with Crippen LogP contribution in [-0.2, 0) is 22.7 Å². The summed E-state index contributed by atoms with van der Waals surface area (Å²) >= 11 is 0. The van der Waals surface area contributed by atoms with Crippen LogP contribution in [0.25, 0.3) is 0 Å². The molecule has 4 rings (SSSR count). The van der Waals surface area contributed by atoms with Gasteiger partial charge in [0.2, 0.25) is 0 Å². The fourth-order valence-electron chi connectivity index (χ4n) is 3.54. The van der Waals surface area contributed by atoms with Gasteiger partial charge in [-0.1, -0.05) is 60.7 Å². The number of carbonyl (C=O) groups is 2. The van der Waals surface area contributed by atoms with Gasteiger partial charge in [0, 0.05) is 39.3 Å². The van der Waals surface area contributed by atoms with Crippen LogP contribution in [0.1, 0.15) is 11.1 Å². The number of benzene rings is 3. The Balaban J connectivity index is 0.000000454. The molecule has 0 aromatic heterocycles. The summed E-state index contributed by atoms with van der Waals surface area (Å²) in [7, 11) is 0. The Morgan fingerprint density at radius 1 is 0.636 bits per heavy atom. The second-order valence-electron chi connectivity index (χ2n) is 7.71. The minimum Gasteiger partial charge on any atom is -0.473 e. The van der Waals surface area contributed by atoms with Gasteiger partial charge in [0.25, 0.3) is 0 Å². The fraction of sp³-hybridized carbons (Fsp3) is 0.231. The molecule has 0 spiro atoms. The summed E-state index contributed by atoms with van der Waals surface area (Å²) in [6.45, 7) is 6.48. The summed E-state index contributed by atoms with van der Waals surface area (Å²) in [5.41, 5.74) is 2.71. The predicted octanol–water partition coefficient (Wildman–Crippen LogP) is 3.95. The van der Waals surface area contributed by atoms with Crippen molar-refractivity contribution in [3.8, 4) is 11.5 Å². The average Bonchev–Trinajstić information content (AvgIpc) is 2.82. The van der Waals surface area contributed by atoms with Crippen molar-refractivity contribution >= 4 is 11.9 Å². The second kappa shape index (κ2) is 12.4. The second-order valence-corrected chi connectivity index (χ2v) is 7.71. The molecular formula is C26H28N2O5. The molecule has 33 heavy (non-hydrogen) atoms. The number of aliphatic carboxylic acids is 2. The smallest absolute Gasteiger partial charge is 0.414 e. The summed E-state index contributed by atoms with van der Waals surface area (Å²) in [6, 6.07) is 29.2. The Kier molecular flexibility index (Phi) is 8.99. The largest absolute Gasteiger partial charge is 0.473 e. The van der Waals surface area contributed by atoms with Crippen LogP contribution < -0.4 is 4.74 Å². The monoisotopic (exact) mass is 448 g/mol. The van der Waals surface area contributed by atoms with Crippen LogP contribution in [0.3, 0.4) is 0 Å². The van der Waals surface area contributed by atoms with Crippen LogP contribution >= 0.6 is 0 Å². The van der Waals surface area contributed by atoms with Gasteiger partial charge in [0.1, 0.15) is 11.5 Å². The molecule has 3 aromatic carbocycles. The van der Waals surface area contributed by atoms with Crippen LogP contribution in [0, 0.1) is 0 Å². The highest BCUT2D eigenvalue weighted by Crippen LogP contribution is 2.22.